The molecule has 166 valence electrons. The van der Waals surface area contributed by atoms with Gasteiger partial charge >= 0.3 is 0 Å². The minimum atomic E-state index is -0.353. The van der Waals surface area contributed by atoms with Crippen LogP contribution in [-0.2, 0) is 11.3 Å². The Hall–Kier alpha value is -4.30. The topological polar surface area (TPSA) is 76.8 Å². The fraction of sp³-hybridized carbons (Fsp3) is 0.0769. The second kappa shape index (κ2) is 7.93. The van der Waals surface area contributed by atoms with Gasteiger partial charge in [0.1, 0.15) is 10.3 Å². The first-order chi connectivity index (χ1) is 16.7. The van der Waals surface area contributed by atoms with Gasteiger partial charge in [-0.2, -0.15) is 9.50 Å². The molecule has 0 saturated carbocycles. The number of benzene rings is 3. The zero-order valence-electron chi connectivity index (χ0n) is 18.1. The summed E-state index contributed by atoms with van der Waals surface area (Å²) in [6, 6.07) is 24.7. The smallest absolute Gasteiger partial charge is 0.291 e. The summed E-state index contributed by atoms with van der Waals surface area (Å²) < 4.78 is 7.01. The van der Waals surface area contributed by atoms with Gasteiger partial charge < -0.3 is 9.64 Å². The highest BCUT2D eigenvalue weighted by Crippen LogP contribution is 2.36. The van der Waals surface area contributed by atoms with Gasteiger partial charge in [0.25, 0.3) is 11.5 Å². The van der Waals surface area contributed by atoms with Gasteiger partial charge in [-0.15, -0.1) is 5.10 Å². The molecule has 0 spiro atoms. The van der Waals surface area contributed by atoms with Gasteiger partial charge in [0.2, 0.25) is 4.96 Å². The quantitative estimate of drug-likeness (QED) is 0.406. The third-order valence-corrected chi connectivity index (χ3v) is 6.87. The maximum Gasteiger partial charge on any atom is 0.291 e. The van der Waals surface area contributed by atoms with E-state index in [1.54, 1.807) is 12.0 Å². The summed E-state index contributed by atoms with van der Waals surface area (Å²) in [5.74, 6) is 0.831. The van der Waals surface area contributed by atoms with Crippen LogP contribution >= 0.6 is 11.3 Å². The van der Waals surface area contributed by atoms with Crippen LogP contribution in [0.4, 0.5) is 5.69 Å². The van der Waals surface area contributed by atoms with Crippen LogP contribution in [0.2, 0.25) is 0 Å². The van der Waals surface area contributed by atoms with Gasteiger partial charge in [0, 0.05) is 5.56 Å². The molecular weight excluding hydrogens is 448 g/mol. The second-order valence-corrected chi connectivity index (χ2v) is 8.81. The van der Waals surface area contributed by atoms with Crippen molar-refractivity contribution < 1.29 is 9.53 Å². The molecule has 0 saturated heterocycles. The van der Waals surface area contributed by atoms with Crippen LogP contribution in [0.3, 0.4) is 0 Å². The van der Waals surface area contributed by atoms with E-state index < -0.39 is 0 Å². The van der Waals surface area contributed by atoms with E-state index in [-0.39, 0.29) is 11.5 Å². The molecule has 0 N–H and O–H groups in total. The number of carbonyl (C=O) groups is 1. The van der Waals surface area contributed by atoms with Crippen LogP contribution in [-0.4, -0.2) is 27.6 Å². The molecule has 1 aliphatic heterocycles. The molecule has 3 heterocycles. The zero-order chi connectivity index (χ0) is 23.2. The number of anilines is 1. The lowest BCUT2D eigenvalue weighted by Crippen LogP contribution is -2.32. The first-order valence-corrected chi connectivity index (χ1v) is 11.5. The highest BCUT2D eigenvalue weighted by Gasteiger charge is 2.34. The first-order valence-electron chi connectivity index (χ1n) is 10.7. The number of thiazole rings is 1. The van der Waals surface area contributed by atoms with Crippen LogP contribution in [0.1, 0.15) is 11.1 Å². The Morgan fingerprint density at radius 1 is 0.882 bits per heavy atom. The highest BCUT2D eigenvalue weighted by molar-refractivity contribution is 7.15. The largest absolute Gasteiger partial charge is 0.496 e. The fourth-order valence-corrected chi connectivity index (χ4v) is 5.25. The van der Waals surface area contributed by atoms with E-state index in [0.717, 1.165) is 16.8 Å². The van der Waals surface area contributed by atoms with Crippen LogP contribution in [0, 0.1) is 0 Å². The van der Waals surface area contributed by atoms with Gasteiger partial charge in [-0.1, -0.05) is 72.0 Å². The summed E-state index contributed by atoms with van der Waals surface area (Å²) in [6.45, 7) is 0.424. The molecular formula is C26H18N4O3S. The average molecular weight is 467 g/mol. The van der Waals surface area contributed by atoms with E-state index in [1.165, 1.54) is 15.9 Å². The Balaban J connectivity index is 1.51. The lowest BCUT2D eigenvalue weighted by Gasteiger charge is -2.17. The molecule has 0 radical (unpaired) electrons. The highest BCUT2D eigenvalue weighted by atomic mass is 32.1. The van der Waals surface area contributed by atoms with E-state index >= 15 is 0 Å². The van der Waals surface area contributed by atoms with Crippen molar-refractivity contribution in [2.75, 3.05) is 12.0 Å². The van der Waals surface area contributed by atoms with Gasteiger partial charge in [-0.05, 0) is 23.8 Å². The number of methoxy groups -OCH3 is 1. The maximum atomic E-state index is 13.6. The SMILES string of the molecule is COc1ccccc1-c1nc2s/c(=C3\C(=O)N(Cc4ccccc4)c4ccccc43)c(=O)n2n1. The number of carbonyl (C=O) groups excluding carboxylic acids is 1. The molecule has 0 atom stereocenters. The van der Waals surface area contributed by atoms with Gasteiger partial charge in [0.15, 0.2) is 5.82 Å². The minimum Gasteiger partial charge on any atom is -0.496 e. The van der Waals surface area contributed by atoms with E-state index in [9.17, 15) is 9.59 Å². The average Bonchev–Trinajstić information content (AvgIpc) is 3.51. The molecule has 8 heteroatoms. The van der Waals surface area contributed by atoms with Crippen LogP contribution in [0.5, 0.6) is 5.75 Å². The number of hydrogen-bond acceptors (Lipinski definition) is 6. The van der Waals surface area contributed by atoms with Crippen LogP contribution in [0.25, 0.3) is 21.9 Å². The third kappa shape index (κ3) is 3.11. The number of fused-ring (bicyclic) bond motifs is 2. The van der Waals surface area contributed by atoms with E-state index in [2.05, 4.69) is 10.1 Å². The monoisotopic (exact) mass is 466 g/mol. The Labute approximate surface area is 198 Å². The summed E-state index contributed by atoms with van der Waals surface area (Å²) in [6.07, 6.45) is 0. The molecule has 1 aliphatic rings. The Morgan fingerprint density at radius 3 is 2.35 bits per heavy atom. The van der Waals surface area contributed by atoms with E-state index in [0.29, 0.717) is 38.7 Å². The molecule has 5 aromatic rings. The predicted octanol–water partition coefficient (Wildman–Crippen LogP) is 3.29. The molecule has 34 heavy (non-hydrogen) atoms. The van der Waals surface area contributed by atoms with Crippen molar-refractivity contribution in [2.24, 2.45) is 0 Å². The molecule has 0 aliphatic carbocycles. The van der Waals surface area contributed by atoms with Gasteiger partial charge in [-0.25, -0.2) is 0 Å². The van der Waals surface area contributed by atoms with E-state index in [1.807, 2.05) is 78.9 Å². The summed E-state index contributed by atoms with van der Waals surface area (Å²) >= 11 is 1.18. The molecule has 1 amide bonds. The summed E-state index contributed by atoms with van der Waals surface area (Å²) in [4.78, 5) is 33.7. The number of para-hydroxylation sites is 2. The Morgan fingerprint density at radius 2 is 1.59 bits per heavy atom. The maximum absolute atomic E-state index is 13.6. The van der Waals surface area contributed by atoms with Crippen molar-refractivity contribution in [1.82, 2.24) is 14.6 Å². The van der Waals surface area contributed by atoms with Gasteiger partial charge in [0.05, 0.1) is 30.5 Å². The lowest BCUT2D eigenvalue weighted by atomic mass is 10.1. The van der Waals surface area contributed by atoms with Crippen LogP contribution < -0.4 is 19.7 Å². The summed E-state index contributed by atoms with van der Waals surface area (Å²) in [5.41, 5.74) is 3.29. The van der Waals surface area contributed by atoms with E-state index in [4.69, 9.17) is 4.74 Å². The van der Waals surface area contributed by atoms with Gasteiger partial charge in [-0.3, -0.25) is 9.59 Å². The van der Waals surface area contributed by atoms with Crippen LogP contribution in [0.15, 0.2) is 83.7 Å². The number of rotatable bonds is 4. The standard InChI is InChI=1S/C26H18N4O3S/c1-33-20-14-8-6-12-18(20)23-27-26-30(28-23)25(32)22(34-26)21-17-11-5-7-13-19(17)29(24(21)31)15-16-9-3-2-4-10-16/h2-14H,15H2,1H3/b22-21-. The second-order valence-electron chi connectivity index (χ2n) is 7.84. The van der Waals surface area contributed by atoms with Crippen molar-refractivity contribution in [1.29, 1.82) is 0 Å². The van der Waals surface area contributed by atoms with Crippen molar-refractivity contribution in [3.05, 3.63) is 105 Å². The molecule has 3 aromatic carbocycles. The summed E-state index contributed by atoms with van der Waals surface area (Å²) in [7, 11) is 1.58. The molecule has 2 aromatic heterocycles. The fourth-order valence-electron chi connectivity index (χ4n) is 4.25. The first kappa shape index (κ1) is 20.3. The normalized spacial score (nSPS) is 14.6. The Kier molecular flexibility index (Phi) is 4.74. The molecule has 0 unspecified atom stereocenters. The zero-order valence-corrected chi connectivity index (χ0v) is 19.0. The Bertz CT molecular complexity index is 1670. The lowest BCUT2D eigenvalue weighted by molar-refractivity contribution is -0.113. The number of hydrogen-bond donors (Lipinski definition) is 0. The molecule has 0 fully saturated rings. The minimum absolute atomic E-state index is 0.198. The molecule has 0 bridgehead atoms. The number of ether oxygens (including phenoxy) is 1. The summed E-state index contributed by atoms with van der Waals surface area (Å²) in [5, 5.41) is 4.44. The van der Waals surface area contributed by atoms with Crippen molar-refractivity contribution >= 4 is 33.5 Å². The van der Waals surface area contributed by atoms with Crippen molar-refractivity contribution in [3.8, 4) is 17.1 Å². The molecule has 7 nitrogen and oxygen atoms in total. The van der Waals surface area contributed by atoms with Crippen molar-refractivity contribution in [2.45, 2.75) is 6.54 Å². The molecule has 6 rings (SSSR count). The number of aromatic nitrogens is 3. The number of amides is 1. The third-order valence-electron chi connectivity index (χ3n) is 5.84. The van der Waals surface area contributed by atoms with Crippen molar-refractivity contribution in [3.63, 3.8) is 0 Å². The number of nitrogens with zero attached hydrogens (tertiary/aromatic N) is 4. The predicted molar refractivity (Wildman–Crippen MR) is 131 cm³/mol.